The lowest BCUT2D eigenvalue weighted by Gasteiger charge is -2.14. The molecule has 6 rings (SSSR count). The van der Waals surface area contributed by atoms with Crippen LogP contribution in [0, 0.1) is 6.92 Å². The second-order valence-electron chi connectivity index (χ2n) is 8.86. The number of pyridine rings is 1. The van der Waals surface area contributed by atoms with Crippen LogP contribution in [-0.2, 0) is 6.42 Å². The molecule has 0 radical (unpaired) electrons. The molecular formula is C26H25N9O. The van der Waals surface area contributed by atoms with Crippen molar-refractivity contribution in [2.24, 2.45) is 0 Å². The van der Waals surface area contributed by atoms with Crippen LogP contribution in [0.25, 0.3) is 28.1 Å². The van der Waals surface area contributed by atoms with Crippen molar-refractivity contribution >= 4 is 28.4 Å². The van der Waals surface area contributed by atoms with Gasteiger partial charge in [0.05, 0.1) is 28.0 Å². The Kier molecular flexibility index (Phi) is 5.70. The van der Waals surface area contributed by atoms with Crippen molar-refractivity contribution in [1.82, 2.24) is 34.7 Å². The van der Waals surface area contributed by atoms with Gasteiger partial charge in [-0.25, -0.2) is 19.9 Å². The zero-order valence-electron chi connectivity index (χ0n) is 19.8. The molecule has 0 amide bonds. The summed E-state index contributed by atoms with van der Waals surface area (Å²) in [7, 11) is 0. The molecule has 1 aliphatic rings. The fourth-order valence-electron chi connectivity index (χ4n) is 4.09. The van der Waals surface area contributed by atoms with E-state index < -0.39 is 0 Å². The molecule has 0 saturated heterocycles. The lowest BCUT2D eigenvalue weighted by molar-refractivity contribution is 0.299. The van der Waals surface area contributed by atoms with Gasteiger partial charge in [-0.2, -0.15) is 5.10 Å². The van der Waals surface area contributed by atoms with E-state index in [0.29, 0.717) is 18.3 Å². The van der Waals surface area contributed by atoms with Gasteiger partial charge in [-0.05, 0) is 68.1 Å². The van der Waals surface area contributed by atoms with Crippen molar-refractivity contribution in [1.29, 1.82) is 0 Å². The minimum Gasteiger partial charge on any atom is -0.396 e. The zero-order valence-corrected chi connectivity index (χ0v) is 19.8. The Morgan fingerprint density at radius 1 is 1.06 bits per heavy atom. The summed E-state index contributed by atoms with van der Waals surface area (Å²) in [5.41, 5.74) is 5.99. The van der Waals surface area contributed by atoms with E-state index in [2.05, 4.69) is 35.8 Å². The Labute approximate surface area is 207 Å². The topological polar surface area (TPSA) is 127 Å². The van der Waals surface area contributed by atoms with E-state index in [0.717, 1.165) is 63.7 Å². The first kappa shape index (κ1) is 22.1. The van der Waals surface area contributed by atoms with Crippen LogP contribution in [0.3, 0.4) is 0 Å². The lowest BCUT2D eigenvalue weighted by atomic mass is 10.0. The Hall–Kier alpha value is -4.44. The van der Waals surface area contributed by atoms with Crippen LogP contribution in [0.5, 0.6) is 0 Å². The first-order valence-electron chi connectivity index (χ1n) is 11.9. The van der Waals surface area contributed by atoms with E-state index >= 15 is 0 Å². The number of aryl methyl sites for hydroxylation is 1. The number of aliphatic hydroxyl groups excluding tert-OH is 1. The van der Waals surface area contributed by atoms with E-state index in [4.69, 9.17) is 4.98 Å². The molecule has 0 atom stereocenters. The molecule has 0 unspecified atom stereocenters. The van der Waals surface area contributed by atoms with Crippen LogP contribution >= 0.6 is 0 Å². The van der Waals surface area contributed by atoms with Gasteiger partial charge in [0.1, 0.15) is 24.3 Å². The summed E-state index contributed by atoms with van der Waals surface area (Å²) < 4.78 is 1.95. The Balaban J connectivity index is 1.37. The molecule has 1 saturated carbocycles. The number of nitrogens with zero attached hydrogens (tertiary/aromatic N) is 7. The van der Waals surface area contributed by atoms with Crippen LogP contribution in [-0.4, -0.2) is 52.5 Å². The normalized spacial score (nSPS) is 13.2. The van der Waals surface area contributed by atoms with Gasteiger partial charge < -0.3 is 15.7 Å². The third kappa shape index (κ3) is 4.46. The summed E-state index contributed by atoms with van der Waals surface area (Å²) in [5, 5.41) is 24.7. The summed E-state index contributed by atoms with van der Waals surface area (Å²) in [4.78, 5) is 18.3. The lowest BCUT2D eigenvalue weighted by Crippen LogP contribution is -2.08. The monoisotopic (exact) mass is 479 g/mol. The first-order chi connectivity index (χ1) is 17.7. The number of hydrogen-bond acceptors (Lipinski definition) is 9. The van der Waals surface area contributed by atoms with E-state index in [9.17, 15) is 5.11 Å². The molecule has 1 fully saturated rings. The van der Waals surface area contributed by atoms with Crippen LogP contribution in [0.4, 0.5) is 17.3 Å². The second-order valence-corrected chi connectivity index (χ2v) is 8.86. The van der Waals surface area contributed by atoms with Crippen LogP contribution in [0.15, 0.2) is 61.3 Å². The van der Waals surface area contributed by atoms with E-state index in [-0.39, 0.29) is 6.61 Å². The van der Waals surface area contributed by atoms with Gasteiger partial charge in [-0.3, -0.25) is 4.57 Å². The third-order valence-electron chi connectivity index (χ3n) is 6.10. The number of fused-ring (bicyclic) bond motifs is 1. The van der Waals surface area contributed by atoms with Gasteiger partial charge in [-0.1, -0.05) is 6.07 Å². The van der Waals surface area contributed by atoms with Crippen molar-refractivity contribution in [2.75, 3.05) is 17.2 Å². The molecule has 1 aliphatic carbocycles. The molecule has 3 N–H and O–H groups in total. The largest absolute Gasteiger partial charge is 0.396 e. The summed E-state index contributed by atoms with van der Waals surface area (Å²) in [6.45, 7) is 1.93. The average Bonchev–Trinajstić information content (AvgIpc) is 3.62. The fraction of sp³-hybridized carbons (Fsp3) is 0.231. The predicted octanol–water partition coefficient (Wildman–Crippen LogP) is 3.83. The smallest absolute Gasteiger partial charge is 0.153 e. The van der Waals surface area contributed by atoms with Gasteiger partial charge in [0, 0.05) is 24.5 Å². The molecule has 0 spiro atoms. The van der Waals surface area contributed by atoms with Crippen LogP contribution in [0.1, 0.15) is 24.1 Å². The average molecular weight is 480 g/mol. The number of hydrogen-bond donors (Lipinski definition) is 3. The maximum atomic E-state index is 9.65. The summed E-state index contributed by atoms with van der Waals surface area (Å²) >= 11 is 0. The van der Waals surface area contributed by atoms with Crippen LogP contribution in [0.2, 0.25) is 0 Å². The Morgan fingerprint density at radius 2 is 1.97 bits per heavy atom. The molecule has 10 heteroatoms. The minimum absolute atomic E-state index is 0.0300. The SMILES string of the molecule is Cc1ccc(Nc2ccc3c(c2)ncn3-c2ccc(CCO)c(-c3cncnc3NC3CC3)n2)nn1. The Morgan fingerprint density at radius 3 is 2.78 bits per heavy atom. The number of imidazole rings is 1. The van der Waals surface area contributed by atoms with Crippen molar-refractivity contribution in [3.05, 3.63) is 72.6 Å². The first-order valence-corrected chi connectivity index (χ1v) is 11.9. The second kappa shape index (κ2) is 9.31. The number of anilines is 3. The number of aliphatic hydroxyl groups is 1. The molecule has 10 nitrogen and oxygen atoms in total. The highest BCUT2D eigenvalue weighted by molar-refractivity contribution is 5.82. The fourth-order valence-corrected chi connectivity index (χ4v) is 4.09. The number of aromatic nitrogens is 7. The van der Waals surface area contributed by atoms with Gasteiger partial charge in [0.15, 0.2) is 5.82 Å². The molecule has 5 aromatic rings. The molecule has 1 aromatic carbocycles. The highest BCUT2D eigenvalue weighted by Crippen LogP contribution is 2.32. The van der Waals surface area contributed by atoms with E-state index in [1.165, 1.54) is 0 Å². The maximum Gasteiger partial charge on any atom is 0.153 e. The van der Waals surface area contributed by atoms with Crippen molar-refractivity contribution in [3.63, 3.8) is 0 Å². The number of benzene rings is 1. The van der Waals surface area contributed by atoms with Crippen molar-refractivity contribution in [2.45, 2.75) is 32.2 Å². The molecule has 0 bridgehead atoms. The molecule has 180 valence electrons. The summed E-state index contributed by atoms with van der Waals surface area (Å²) in [5.74, 6) is 2.16. The van der Waals surface area contributed by atoms with Crippen LogP contribution < -0.4 is 10.6 Å². The van der Waals surface area contributed by atoms with Gasteiger partial charge in [0.25, 0.3) is 0 Å². The maximum absolute atomic E-state index is 9.65. The highest BCUT2D eigenvalue weighted by Gasteiger charge is 2.24. The highest BCUT2D eigenvalue weighted by atomic mass is 16.3. The van der Waals surface area contributed by atoms with Gasteiger partial charge in [-0.15, -0.1) is 5.10 Å². The third-order valence-corrected chi connectivity index (χ3v) is 6.10. The quantitative estimate of drug-likeness (QED) is 0.304. The molecular weight excluding hydrogens is 454 g/mol. The van der Waals surface area contributed by atoms with Crippen molar-refractivity contribution in [3.8, 4) is 17.1 Å². The molecule has 4 aromatic heterocycles. The van der Waals surface area contributed by atoms with Gasteiger partial charge >= 0.3 is 0 Å². The Bertz CT molecular complexity index is 1530. The number of nitrogens with one attached hydrogen (secondary N) is 2. The molecule has 0 aliphatic heterocycles. The zero-order chi connectivity index (χ0) is 24.5. The summed E-state index contributed by atoms with van der Waals surface area (Å²) in [6, 6.07) is 14.1. The molecule has 4 heterocycles. The van der Waals surface area contributed by atoms with Crippen molar-refractivity contribution < 1.29 is 5.11 Å². The van der Waals surface area contributed by atoms with E-state index in [1.807, 2.05) is 54.0 Å². The molecule has 36 heavy (non-hydrogen) atoms. The predicted molar refractivity (Wildman–Crippen MR) is 137 cm³/mol. The van der Waals surface area contributed by atoms with E-state index in [1.54, 1.807) is 18.9 Å². The minimum atomic E-state index is 0.0300. The standard InChI is InChI=1S/C26H25N9O/c1-16-2-8-23(34-33-16)30-19-6-7-22-21(12-19)29-15-35(22)24-9-3-17(10-11-36)25(32-24)20-13-27-14-28-26(20)31-18-4-5-18/h2-3,6-9,12-15,18,36H,4-5,10-11H2,1H3,(H,30,34)(H,27,28,31). The van der Waals surface area contributed by atoms with Gasteiger partial charge in [0.2, 0.25) is 0 Å². The summed E-state index contributed by atoms with van der Waals surface area (Å²) in [6.07, 6.45) is 7.85. The number of rotatable bonds is 8.